The zero-order valence-electron chi connectivity index (χ0n) is 10.8. The molecule has 0 aliphatic rings. The SMILES string of the molecule is CCc1nc(SCc2ccc(C(=O)OC)cc2)n[nH]1. The maximum absolute atomic E-state index is 11.3. The molecular formula is C13H15N3O2S. The van der Waals surface area contributed by atoms with Crippen molar-refractivity contribution in [1.82, 2.24) is 15.2 Å². The number of ether oxygens (including phenoxy) is 1. The van der Waals surface area contributed by atoms with E-state index in [0.29, 0.717) is 5.56 Å². The van der Waals surface area contributed by atoms with Crippen molar-refractivity contribution in [1.29, 1.82) is 0 Å². The van der Waals surface area contributed by atoms with Crippen LogP contribution in [0.5, 0.6) is 0 Å². The molecule has 1 aromatic heterocycles. The molecule has 5 nitrogen and oxygen atoms in total. The standard InChI is InChI=1S/C13H15N3O2S/c1-3-11-14-13(16-15-11)19-8-9-4-6-10(7-5-9)12(17)18-2/h4-7H,3,8H2,1-2H3,(H,14,15,16). The molecule has 1 aromatic carbocycles. The van der Waals surface area contributed by atoms with Crippen LogP contribution in [-0.2, 0) is 16.9 Å². The van der Waals surface area contributed by atoms with E-state index in [2.05, 4.69) is 19.9 Å². The third kappa shape index (κ3) is 3.57. The van der Waals surface area contributed by atoms with Crippen molar-refractivity contribution < 1.29 is 9.53 Å². The summed E-state index contributed by atoms with van der Waals surface area (Å²) in [6.45, 7) is 2.03. The first-order valence-electron chi connectivity index (χ1n) is 5.94. The van der Waals surface area contributed by atoms with Crippen molar-refractivity contribution >= 4 is 17.7 Å². The maximum atomic E-state index is 11.3. The molecule has 0 aliphatic carbocycles. The van der Waals surface area contributed by atoms with Crippen LogP contribution in [0.2, 0.25) is 0 Å². The first kappa shape index (κ1) is 13.6. The van der Waals surface area contributed by atoms with Crippen LogP contribution in [0.25, 0.3) is 0 Å². The number of rotatable bonds is 5. The molecule has 100 valence electrons. The number of thioether (sulfide) groups is 1. The highest BCUT2D eigenvalue weighted by Crippen LogP contribution is 2.19. The highest BCUT2D eigenvalue weighted by Gasteiger charge is 2.06. The summed E-state index contributed by atoms with van der Waals surface area (Å²) in [6.07, 6.45) is 0.849. The van der Waals surface area contributed by atoms with Crippen LogP contribution >= 0.6 is 11.8 Å². The summed E-state index contributed by atoms with van der Waals surface area (Å²) in [5, 5.41) is 7.74. The Hall–Kier alpha value is -1.82. The Morgan fingerprint density at radius 1 is 1.37 bits per heavy atom. The molecule has 1 N–H and O–H groups in total. The minimum Gasteiger partial charge on any atom is -0.465 e. The number of aromatic amines is 1. The van der Waals surface area contributed by atoms with Gasteiger partial charge >= 0.3 is 5.97 Å². The lowest BCUT2D eigenvalue weighted by molar-refractivity contribution is 0.0600. The second-order valence-corrected chi connectivity index (χ2v) is 4.84. The van der Waals surface area contributed by atoms with Crippen molar-refractivity contribution in [3.05, 3.63) is 41.2 Å². The molecule has 1 heterocycles. The number of nitrogens with one attached hydrogen (secondary N) is 1. The van der Waals surface area contributed by atoms with Gasteiger partial charge in [-0.1, -0.05) is 30.8 Å². The molecule has 0 spiro atoms. The fourth-order valence-corrected chi connectivity index (χ4v) is 2.28. The van der Waals surface area contributed by atoms with Crippen molar-refractivity contribution in [2.45, 2.75) is 24.3 Å². The number of nitrogens with zero attached hydrogens (tertiary/aromatic N) is 2. The van der Waals surface area contributed by atoms with E-state index >= 15 is 0 Å². The summed E-state index contributed by atoms with van der Waals surface area (Å²) in [7, 11) is 1.38. The topological polar surface area (TPSA) is 67.9 Å². The van der Waals surface area contributed by atoms with E-state index in [9.17, 15) is 4.79 Å². The Morgan fingerprint density at radius 3 is 2.68 bits per heavy atom. The van der Waals surface area contributed by atoms with Crippen LogP contribution in [0.15, 0.2) is 29.4 Å². The van der Waals surface area contributed by atoms with Crippen LogP contribution in [-0.4, -0.2) is 28.3 Å². The van der Waals surface area contributed by atoms with Crippen molar-refractivity contribution in [3.63, 3.8) is 0 Å². The van der Waals surface area contributed by atoms with E-state index in [1.807, 2.05) is 19.1 Å². The predicted molar refractivity (Wildman–Crippen MR) is 73.1 cm³/mol. The van der Waals surface area contributed by atoms with E-state index in [-0.39, 0.29) is 5.97 Å². The van der Waals surface area contributed by atoms with Crippen molar-refractivity contribution in [2.24, 2.45) is 0 Å². The second kappa shape index (κ2) is 6.38. The predicted octanol–water partition coefficient (Wildman–Crippen LogP) is 2.45. The van der Waals surface area contributed by atoms with Crippen molar-refractivity contribution in [3.8, 4) is 0 Å². The quantitative estimate of drug-likeness (QED) is 0.671. The Morgan fingerprint density at radius 2 is 2.11 bits per heavy atom. The number of hydrogen-bond donors (Lipinski definition) is 1. The smallest absolute Gasteiger partial charge is 0.337 e. The van der Waals surface area contributed by atoms with Gasteiger partial charge in [0.15, 0.2) is 0 Å². The third-order valence-electron chi connectivity index (χ3n) is 2.59. The molecule has 2 rings (SSSR count). The van der Waals surface area contributed by atoms with Gasteiger partial charge in [0.05, 0.1) is 12.7 Å². The Bertz CT molecular complexity index is 551. The van der Waals surface area contributed by atoms with E-state index in [1.165, 1.54) is 7.11 Å². The summed E-state index contributed by atoms with van der Waals surface area (Å²) >= 11 is 1.56. The number of aromatic nitrogens is 3. The van der Waals surface area contributed by atoms with Crippen molar-refractivity contribution in [2.75, 3.05) is 7.11 Å². The minimum absolute atomic E-state index is 0.319. The number of esters is 1. The van der Waals surface area contributed by atoms with E-state index < -0.39 is 0 Å². The van der Waals surface area contributed by atoms with Gasteiger partial charge in [-0.05, 0) is 17.7 Å². The van der Waals surface area contributed by atoms with Gasteiger partial charge in [-0.2, -0.15) is 0 Å². The monoisotopic (exact) mass is 277 g/mol. The summed E-state index contributed by atoms with van der Waals surface area (Å²) in [6, 6.07) is 7.34. The molecule has 0 saturated heterocycles. The first-order valence-corrected chi connectivity index (χ1v) is 6.92. The van der Waals surface area contributed by atoms with Gasteiger partial charge in [-0.3, -0.25) is 5.10 Å². The summed E-state index contributed by atoms with van der Waals surface area (Å²) in [5.41, 5.74) is 1.67. The number of carbonyl (C=O) groups is 1. The minimum atomic E-state index is -0.319. The van der Waals surface area contributed by atoms with Crippen LogP contribution in [0, 0.1) is 0 Å². The molecule has 0 aliphatic heterocycles. The average Bonchev–Trinajstić information content (AvgIpc) is 2.93. The van der Waals surface area contributed by atoms with Crippen LogP contribution in [0.4, 0.5) is 0 Å². The van der Waals surface area contributed by atoms with E-state index in [0.717, 1.165) is 28.7 Å². The van der Waals surface area contributed by atoms with Gasteiger partial charge in [0.25, 0.3) is 0 Å². The first-order chi connectivity index (χ1) is 9.22. The van der Waals surface area contributed by atoms with Gasteiger partial charge in [0.1, 0.15) is 5.82 Å². The molecule has 6 heteroatoms. The zero-order chi connectivity index (χ0) is 13.7. The molecule has 2 aromatic rings. The largest absolute Gasteiger partial charge is 0.465 e. The van der Waals surface area contributed by atoms with Gasteiger partial charge < -0.3 is 4.74 Å². The fraction of sp³-hybridized carbons (Fsp3) is 0.308. The molecule has 0 atom stereocenters. The molecule has 0 fully saturated rings. The summed E-state index contributed by atoms with van der Waals surface area (Å²) < 4.78 is 4.65. The van der Waals surface area contributed by atoms with Crippen LogP contribution < -0.4 is 0 Å². The zero-order valence-corrected chi connectivity index (χ0v) is 11.7. The van der Waals surface area contributed by atoms with Gasteiger partial charge in [0, 0.05) is 12.2 Å². The summed E-state index contributed by atoms with van der Waals surface area (Å²) in [5.74, 6) is 1.34. The Labute approximate surface area is 115 Å². The van der Waals surface area contributed by atoms with E-state index in [1.54, 1.807) is 23.9 Å². The highest BCUT2D eigenvalue weighted by atomic mass is 32.2. The fourth-order valence-electron chi connectivity index (χ4n) is 1.50. The molecule has 0 radical (unpaired) electrons. The lowest BCUT2D eigenvalue weighted by atomic mass is 10.1. The third-order valence-corrected chi connectivity index (χ3v) is 3.51. The molecule has 0 saturated carbocycles. The Kier molecular flexibility index (Phi) is 4.57. The molecule has 19 heavy (non-hydrogen) atoms. The van der Waals surface area contributed by atoms with Gasteiger partial charge in [0.2, 0.25) is 5.16 Å². The molecular weight excluding hydrogens is 262 g/mol. The number of aryl methyl sites for hydroxylation is 1. The highest BCUT2D eigenvalue weighted by molar-refractivity contribution is 7.98. The number of methoxy groups -OCH3 is 1. The normalized spacial score (nSPS) is 10.4. The molecule has 0 unspecified atom stereocenters. The van der Waals surface area contributed by atoms with Crippen LogP contribution in [0.3, 0.4) is 0 Å². The van der Waals surface area contributed by atoms with Gasteiger partial charge in [-0.25, -0.2) is 9.78 Å². The molecule has 0 bridgehead atoms. The second-order valence-electron chi connectivity index (χ2n) is 3.90. The maximum Gasteiger partial charge on any atom is 0.337 e. The number of H-pyrrole nitrogens is 1. The number of hydrogen-bond acceptors (Lipinski definition) is 5. The number of benzene rings is 1. The summed E-state index contributed by atoms with van der Waals surface area (Å²) in [4.78, 5) is 15.6. The lowest BCUT2D eigenvalue weighted by Crippen LogP contribution is -2.00. The average molecular weight is 277 g/mol. The number of carbonyl (C=O) groups excluding carboxylic acids is 1. The van der Waals surface area contributed by atoms with E-state index in [4.69, 9.17) is 0 Å². The lowest BCUT2D eigenvalue weighted by Gasteiger charge is -2.01. The Balaban J connectivity index is 1.94. The van der Waals surface area contributed by atoms with Gasteiger partial charge in [-0.15, -0.1) is 5.10 Å². The molecule has 0 amide bonds. The van der Waals surface area contributed by atoms with Crippen LogP contribution in [0.1, 0.15) is 28.7 Å².